The summed E-state index contributed by atoms with van der Waals surface area (Å²) in [5.41, 5.74) is 2.39. The van der Waals surface area contributed by atoms with Crippen molar-refractivity contribution in [2.75, 3.05) is 0 Å². The first-order chi connectivity index (χ1) is 12.1. The van der Waals surface area contributed by atoms with Gasteiger partial charge in [0.1, 0.15) is 11.9 Å². The van der Waals surface area contributed by atoms with Gasteiger partial charge in [0.25, 0.3) is 0 Å². The SMILES string of the molecule is Cc1cc(O[C@@H](CCC(F)(F)F)c2ccc(C(=O)O)cc2)cc(C)c1Br. The van der Waals surface area contributed by atoms with E-state index in [2.05, 4.69) is 15.9 Å². The van der Waals surface area contributed by atoms with Crippen molar-refractivity contribution in [1.29, 1.82) is 0 Å². The fourth-order valence-electron chi connectivity index (χ4n) is 2.57. The van der Waals surface area contributed by atoms with Crippen molar-refractivity contribution in [1.82, 2.24) is 0 Å². The van der Waals surface area contributed by atoms with Crippen LogP contribution in [0.5, 0.6) is 5.75 Å². The second-order valence-electron chi connectivity index (χ2n) is 6.06. The zero-order chi connectivity index (χ0) is 19.5. The predicted molar refractivity (Wildman–Crippen MR) is 95.7 cm³/mol. The van der Waals surface area contributed by atoms with Crippen molar-refractivity contribution in [2.24, 2.45) is 0 Å². The van der Waals surface area contributed by atoms with Gasteiger partial charge in [-0.3, -0.25) is 0 Å². The minimum atomic E-state index is -4.30. The van der Waals surface area contributed by atoms with Crippen LogP contribution in [0.1, 0.15) is 46.0 Å². The Morgan fingerprint density at radius 2 is 1.69 bits per heavy atom. The first-order valence-electron chi connectivity index (χ1n) is 7.90. The van der Waals surface area contributed by atoms with Gasteiger partial charge in [-0.2, -0.15) is 13.2 Å². The van der Waals surface area contributed by atoms with Crippen molar-refractivity contribution < 1.29 is 27.8 Å². The Morgan fingerprint density at radius 3 is 2.15 bits per heavy atom. The van der Waals surface area contributed by atoms with E-state index >= 15 is 0 Å². The molecule has 0 spiro atoms. The van der Waals surface area contributed by atoms with Crippen molar-refractivity contribution in [3.8, 4) is 5.75 Å². The summed E-state index contributed by atoms with van der Waals surface area (Å²) >= 11 is 3.44. The first kappa shape index (κ1) is 20.3. The number of halogens is 4. The number of aromatic carboxylic acids is 1. The molecular weight excluding hydrogens is 413 g/mol. The van der Waals surface area contributed by atoms with Crippen LogP contribution < -0.4 is 4.74 Å². The van der Waals surface area contributed by atoms with Crippen molar-refractivity contribution in [3.63, 3.8) is 0 Å². The van der Waals surface area contributed by atoms with Gasteiger partial charge < -0.3 is 9.84 Å². The van der Waals surface area contributed by atoms with Crippen LogP contribution in [0.2, 0.25) is 0 Å². The summed E-state index contributed by atoms with van der Waals surface area (Å²) in [4.78, 5) is 11.0. The van der Waals surface area contributed by atoms with E-state index in [-0.39, 0.29) is 12.0 Å². The zero-order valence-corrected chi connectivity index (χ0v) is 15.8. The maximum atomic E-state index is 12.7. The summed E-state index contributed by atoms with van der Waals surface area (Å²) in [6.45, 7) is 3.74. The summed E-state index contributed by atoms with van der Waals surface area (Å²) in [5.74, 6) is -0.624. The Morgan fingerprint density at radius 1 is 1.15 bits per heavy atom. The summed E-state index contributed by atoms with van der Waals surface area (Å²) in [7, 11) is 0. The Balaban J connectivity index is 2.30. The summed E-state index contributed by atoms with van der Waals surface area (Å²) in [6.07, 6.45) is -6.38. The third-order valence-corrected chi connectivity index (χ3v) is 5.16. The molecule has 0 aliphatic carbocycles. The van der Waals surface area contributed by atoms with Crippen molar-refractivity contribution in [3.05, 3.63) is 63.1 Å². The maximum Gasteiger partial charge on any atom is 0.389 e. The van der Waals surface area contributed by atoms with Crippen LogP contribution in [0.15, 0.2) is 40.9 Å². The van der Waals surface area contributed by atoms with Crippen LogP contribution in [0.25, 0.3) is 0 Å². The highest BCUT2D eigenvalue weighted by Gasteiger charge is 2.29. The smallest absolute Gasteiger partial charge is 0.389 e. The lowest BCUT2D eigenvalue weighted by molar-refractivity contribution is -0.139. The molecule has 0 amide bonds. The van der Waals surface area contributed by atoms with Gasteiger partial charge in [-0.15, -0.1) is 0 Å². The van der Waals surface area contributed by atoms with Crippen LogP contribution in [0.4, 0.5) is 13.2 Å². The molecule has 7 heteroatoms. The Labute approximate surface area is 157 Å². The Hall–Kier alpha value is -2.02. The molecule has 0 saturated carbocycles. The van der Waals surface area contributed by atoms with Gasteiger partial charge >= 0.3 is 12.1 Å². The monoisotopic (exact) mass is 430 g/mol. The quantitative estimate of drug-likeness (QED) is 0.590. The van der Waals surface area contributed by atoms with E-state index in [1.807, 2.05) is 13.8 Å². The third-order valence-electron chi connectivity index (χ3n) is 3.91. The highest BCUT2D eigenvalue weighted by molar-refractivity contribution is 9.10. The van der Waals surface area contributed by atoms with Gasteiger partial charge in [0, 0.05) is 10.9 Å². The van der Waals surface area contributed by atoms with E-state index in [1.165, 1.54) is 24.3 Å². The van der Waals surface area contributed by atoms with Crippen LogP contribution in [0.3, 0.4) is 0 Å². The fraction of sp³-hybridized carbons (Fsp3) is 0.316. The molecule has 1 atom stereocenters. The molecule has 0 heterocycles. The number of aryl methyl sites for hydroxylation is 2. The average Bonchev–Trinajstić information content (AvgIpc) is 2.55. The van der Waals surface area contributed by atoms with E-state index in [4.69, 9.17) is 9.84 Å². The molecule has 0 fully saturated rings. The predicted octanol–water partition coefficient (Wildman–Crippen LogP) is 6.23. The summed E-state index contributed by atoms with van der Waals surface area (Å²) < 4.78 is 44.8. The molecule has 2 aromatic rings. The standard InChI is InChI=1S/C19H18BrF3O3/c1-11-9-15(10-12(2)17(11)20)26-16(7-8-19(21,22)23)13-3-5-14(6-4-13)18(24)25/h3-6,9-10,16H,7-8H2,1-2H3,(H,24,25)/t16-/m0/s1. The van der Waals surface area contributed by atoms with Gasteiger partial charge in [0.15, 0.2) is 0 Å². The minimum Gasteiger partial charge on any atom is -0.486 e. The molecule has 0 bridgehead atoms. The first-order valence-corrected chi connectivity index (χ1v) is 8.69. The lowest BCUT2D eigenvalue weighted by Crippen LogP contribution is -2.14. The maximum absolute atomic E-state index is 12.7. The van der Waals surface area contributed by atoms with Crippen LogP contribution in [0, 0.1) is 13.8 Å². The van der Waals surface area contributed by atoms with Gasteiger partial charge in [0.05, 0.1) is 5.56 Å². The van der Waals surface area contributed by atoms with E-state index in [9.17, 15) is 18.0 Å². The number of ether oxygens (including phenoxy) is 1. The summed E-state index contributed by atoms with van der Waals surface area (Å²) in [6, 6.07) is 9.21. The van der Waals surface area contributed by atoms with E-state index in [0.29, 0.717) is 11.3 Å². The average molecular weight is 431 g/mol. The van der Waals surface area contributed by atoms with E-state index in [0.717, 1.165) is 15.6 Å². The molecule has 0 unspecified atom stereocenters. The van der Waals surface area contributed by atoms with E-state index in [1.54, 1.807) is 12.1 Å². The number of benzene rings is 2. The largest absolute Gasteiger partial charge is 0.486 e. The van der Waals surface area contributed by atoms with Crippen LogP contribution in [-0.2, 0) is 0 Å². The van der Waals surface area contributed by atoms with Crippen molar-refractivity contribution >= 4 is 21.9 Å². The highest BCUT2D eigenvalue weighted by atomic mass is 79.9. The number of hydrogen-bond donors (Lipinski definition) is 1. The Bertz CT molecular complexity index is 763. The molecule has 0 aliphatic rings. The molecule has 2 rings (SSSR count). The number of rotatable bonds is 6. The molecule has 0 aromatic heterocycles. The topological polar surface area (TPSA) is 46.5 Å². The van der Waals surface area contributed by atoms with Crippen LogP contribution >= 0.6 is 15.9 Å². The fourth-order valence-corrected chi connectivity index (χ4v) is 2.80. The number of carbonyl (C=O) groups is 1. The van der Waals surface area contributed by atoms with Crippen molar-refractivity contribution in [2.45, 2.75) is 39.0 Å². The molecule has 140 valence electrons. The lowest BCUT2D eigenvalue weighted by Gasteiger charge is -2.21. The van der Waals surface area contributed by atoms with Gasteiger partial charge in [-0.25, -0.2) is 4.79 Å². The summed E-state index contributed by atoms with van der Waals surface area (Å²) in [5, 5.41) is 8.96. The van der Waals surface area contributed by atoms with Gasteiger partial charge in [-0.1, -0.05) is 28.1 Å². The highest BCUT2D eigenvalue weighted by Crippen LogP contribution is 2.33. The molecule has 0 aliphatic heterocycles. The third kappa shape index (κ3) is 5.49. The molecule has 2 aromatic carbocycles. The minimum absolute atomic E-state index is 0.0682. The number of carboxylic acid groups (broad SMARTS) is 1. The number of hydrogen-bond acceptors (Lipinski definition) is 2. The molecule has 1 N–H and O–H groups in total. The van der Waals surface area contributed by atoms with E-state index < -0.39 is 24.7 Å². The van der Waals surface area contributed by atoms with Crippen LogP contribution in [-0.4, -0.2) is 17.3 Å². The van der Waals surface area contributed by atoms with Gasteiger partial charge in [-0.05, 0) is 61.2 Å². The molecule has 26 heavy (non-hydrogen) atoms. The second kappa shape index (κ2) is 8.12. The molecule has 3 nitrogen and oxygen atoms in total. The lowest BCUT2D eigenvalue weighted by atomic mass is 10.0. The molecule has 0 radical (unpaired) electrons. The number of alkyl halides is 3. The molecule has 0 saturated heterocycles. The normalized spacial score (nSPS) is 12.7. The van der Waals surface area contributed by atoms with Gasteiger partial charge in [0.2, 0.25) is 0 Å². The second-order valence-corrected chi connectivity index (χ2v) is 6.85. The Kier molecular flexibility index (Phi) is 6.34. The zero-order valence-electron chi connectivity index (χ0n) is 14.2. The number of carboxylic acids is 1. The molecular formula is C19H18BrF3O3.